The number of ether oxygens (including phenoxy) is 2. The van der Waals surface area contributed by atoms with Gasteiger partial charge in [-0.2, -0.15) is 0 Å². The molecule has 0 aliphatic rings. The predicted octanol–water partition coefficient (Wildman–Crippen LogP) is 4.72. The van der Waals surface area contributed by atoms with Crippen LogP contribution in [0.2, 0.25) is 0 Å². The van der Waals surface area contributed by atoms with Crippen molar-refractivity contribution in [1.82, 2.24) is 9.88 Å². The van der Waals surface area contributed by atoms with Crippen LogP contribution < -0.4 is 14.8 Å². The summed E-state index contributed by atoms with van der Waals surface area (Å²) in [6, 6.07) is 15.4. The quantitative estimate of drug-likeness (QED) is 0.468. The molecule has 164 valence electrons. The number of rotatable bonds is 11. The molecular formula is C24H29N3O3S. The van der Waals surface area contributed by atoms with E-state index in [1.54, 1.807) is 30.6 Å². The van der Waals surface area contributed by atoms with Gasteiger partial charge < -0.3 is 19.7 Å². The molecule has 0 spiro atoms. The molecule has 2 aromatic carbocycles. The van der Waals surface area contributed by atoms with Crippen molar-refractivity contribution >= 4 is 22.9 Å². The van der Waals surface area contributed by atoms with E-state index in [2.05, 4.69) is 29.0 Å². The molecule has 0 radical (unpaired) electrons. The highest BCUT2D eigenvalue weighted by Gasteiger charge is 2.12. The Morgan fingerprint density at radius 1 is 1.10 bits per heavy atom. The van der Waals surface area contributed by atoms with E-state index < -0.39 is 0 Å². The monoisotopic (exact) mass is 439 g/mol. The number of amides is 1. The summed E-state index contributed by atoms with van der Waals surface area (Å²) in [5.41, 5.74) is 2.48. The van der Waals surface area contributed by atoms with Gasteiger partial charge in [0.15, 0.2) is 11.5 Å². The van der Waals surface area contributed by atoms with Gasteiger partial charge >= 0.3 is 0 Å². The normalized spacial score (nSPS) is 10.8. The topological polar surface area (TPSA) is 63.7 Å². The number of nitrogens with one attached hydrogen (secondary N) is 1. The number of carbonyl (C=O) groups is 1. The lowest BCUT2D eigenvalue weighted by molar-refractivity contribution is -0.115. The number of aromatic nitrogens is 1. The maximum absolute atomic E-state index is 12.5. The van der Waals surface area contributed by atoms with Crippen LogP contribution in [0.15, 0.2) is 53.9 Å². The van der Waals surface area contributed by atoms with E-state index >= 15 is 0 Å². The van der Waals surface area contributed by atoms with Crippen molar-refractivity contribution in [2.45, 2.75) is 20.3 Å². The van der Waals surface area contributed by atoms with Crippen LogP contribution in [0.4, 0.5) is 5.69 Å². The average Bonchev–Trinajstić information content (AvgIpc) is 3.26. The Morgan fingerprint density at radius 2 is 1.87 bits per heavy atom. The van der Waals surface area contributed by atoms with Crippen molar-refractivity contribution in [3.63, 3.8) is 0 Å². The molecule has 7 heteroatoms. The smallest absolute Gasteiger partial charge is 0.230 e. The molecule has 1 N–H and O–H groups in total. The van der Waals surface area contributed by atoms with Crippen LogP contribution in [0.1, 0.15) is 19.5 Å². The first-order valence-corrected chi connectivity index (χ1v) is 11.3. The van der Waals surface area contributed by atoms with Gasteiger partial charge in [-0.3, -0.25) is 4.79 Å². The summed E-state index contributed by atoms with van der Waals surface area (Å²) in [7, 11) is 1.61. The zero-order valence-corrected chi connectivity index (χ0v) is 19.1. The fraction of sp³-hybridized carbons (Fsp3) is 0.333. The third-order valence-electron chi connectivity index (χ3n) is 4.92. The molecule has 0 atom stereocenters. The lowest BCUT2D eigenvalue weighted by Crippen LogP contribution is -2.28. The second kappa shape index (κ2) is 11.5. The van der Waals surface area contributed by atoms with Crippen LogP contribution in [0.25, 0.3) is 10.6 Å². The summed E-state index contributed by atoms with van der Waals surface area (Å²) in [6.45, 7) is 7.61. The van der Waals surface area contributed by atoms with Gasteiger partial charge in [0.25, 0.3) is 0 Å². The second-order valence-electron chi connectivity index (χ2n) is 6.98. The maximum atomic E-state index is 12.5. The Labute approximate surface area is 187 Å². The van der Waals surface area contributed by atoms with Crippen molar-refractivity contribution in [3.8, 4) is 22.1 Å². The lowest BCUT2D eigenvalue weighted by Gasteiger charge is -2.19. The minimum atomic E-state index is -0.121. The molecule has 3 aromatic rings. The highest BCUT2D eigenvalue weighted by molar-refractivity contribution is 7.13. The zero-order chi connectivity index (χ0) is 22.1. The molecular weight excluding hydrogens is 410 g/mol. The molecule has 0 saturated heterocycles. The van der Waals surface area contributed by atoms with Crippen molar-refractivity contribution in [2.75, 3.05) is 38.7 Å². The summed E-state index contributed by atoms with van der Waals surface area (Å²) in [6.07, 6.45) is 0.216. The standard InChI is InChI=1S/C24H29N3O3S/c1-4-27(5-2)13-14-30-22-15-19(11-12-21(22)29-3)25-23(28)16-20-17-31-24(26-20)18-9-7-6-8-10-18/h6-12,15,17H,4-5,13-14,16H2,1-3H3,(H,25,28). The number of nitrogens with zero attached hydrogens (tertiary/aromatic N) is 2. The number of hydrogen-bond donors (Lipinski definition) is 1. The van der Waals surface area contributed by atoms with E-state index in [0.29, 0.717) is 23.8 Å². The Morgan fingerprint density at radius 3 is 2.58 bits per heavy atom. The highest BCUT2D eigenvalue weighted by Crippen LogP contribution is 2.30. The van der Waals surface area contributed by atoms with Gasteiger partial charge in [0.05, 0.1) is 19.2 Å². The zero-order valence-electron chi connectivity index (χ0n) is 18.3. The summed E-state index contributed by atoms with van der Waals surface area (Å²) >= 11 is 1.54. The van der Waals surface area contributed by atoms with Crippen LogP contribution in [0, 0.1) is 0 Å². The van der Waals surface area contributed by atoms with Gasteiger partial charge in [0.1, 0.15) is 11.6 Å². The van der Waals surface area contributed by atoms with E-state index in [0.717, 1.165) is 35.9 Å². The summed E-state index contributed by atoms with van der Waals surface area (Å²) in [5.74, 6) is 1.14. The third kappa shape index (κ3) is 6.54. The van der Waals surface area contributed by atoms with Crippen LogP contribution in [0.5, 0.6) is 11.5 Å². The fourth-order valence-electron chi connectivity index (χ4n) is 3.16. The molecule has 0 bridgehead atoms. The predicted molar refractivity (Wildman–Crippen MR) is 126 cm³/mol. The van der Waals surface area contributed by atoms with Crippen molar-refractivity contribution in [3.05, 3.63) is 59.6 Å². The number of methoxy groups -OCH3 is 1. The number of thiazole rings is 1. The Balaban J connectivity index is 1.60. The third-order valence-corrected chi connectivity index (χ3v) is 5.86. The molecule has 6 nitrogen and oxygen atoms in total. The summed E-state index contributed by atoms with van der Waals surface area (Å²) in [5, 5.41) is 5.77. The van der Waals surface area contributed by atoms with Gasteiger partial charge in [-0.05, 0) is 25.2 Å². The molecule has 0 unspecified atom stereocenters. The Kier molecular flexibility index (Phi) is 8.44. The Bertz CT molecular complexity index is 971. The van der Waals surface area contributed by atoms with Gasteiger partial charge in [0, 0.05) is 29.2 Å². The van der Waals surface area contributed by atoms with Gasteiger partial charge in [-0.25, -0.2) is 4.98 Å². The molecule has 3 rings (SSSR count). The van der Waals surface area contributed by atoms with Crippen molar-refractivity contribution in [2.24, 2.45) is 0 Å². The first-order chi connectivity index (χ1) is 15.1. The van der Waals surface area contributed by atoms with Crippen LogP contribution in [0.3, 0.4) is 0 Å². The highest BCUT2D eigenvalue weighted by atomic mass is 32.1. The molecule has 1 amide bonds. The van der Waals surface area contributed by atoms with Gasteiger partial charge in [0.2, 0.25) is 5.91 Å². The number of carbonyl (C=O) groups excluding carboxylic acids is 1. The van der Waals surface area contributed by atoms with E-state index in [1.165, 1.54) is 0 Å². The van der Waals surface area contributed by atoms with E-state index in [-0.39, 0.29) is 12.3 Å². The largest absolute Gasteiger partial charge is 0.493 e. The number of benzene rings is 2. The maximum Gasteiger partial charge on any atom is 0.230 e. The van der Waals surface area contributed by atoms with Gasteiger partial charge in [-0.15, -0.1) is 11.3 Å². The fourth-order valence-corrected chi connectivity index (χ4v) is 3.99. The van der Waals surface area contributed by atoms with Crippen LogP contribution in [-0.2, 0) is 11.2 Å². The van der Waals surface area contributed by atoms with Gasteiger partial charge in [-0.1, -0.05) is 44.2 Å². The van der Waals surface area contributed by atoms with Crippen LogP contribution in [-0.4, -0.2) is 49.1 Å². The summed E-state index contributed by atoms with van der Waals surface area (Å²) in [4.78, 5) is 19.4. The van der Waals surface area contributed by atoms with Crippen LogP contribution >= 0.6 is 11.3 Å². The first-order valence-electron chi connectivity index (χ1n) is 10.5. The molecule has 0 saturated carbocycles. The van der Waals surface area contributed by atoms with E-state index in [9.17, 15) is 4.79 Å². The average molecular weight is 440 g/mol. The molecule has 1 aromatic heterocycles. The summed E-state index contributed by atoms with van der Waals surface area (Å²) < 4.78 is 11.3. The van der Waals surface area contributed by atoms with Crippen molar-refractivity contribution < 1.29 is 14.3 Å². The number of anilines is 1. The minimum absolute atomic E-state index is 0.121. The molecule has 0 aliphatic heterocycles. The van der Waals surface area contributed by atoms with Crippen molar-refractivity contribution in [1.29, 1.82) is 0 Å². The second-order valence-corrected chi connectivity index (χ2v) is 7.83. The number of likely N-dealkylation sites (N-methyl/N-ethyl adjacent to an activating group) is 1. The SMILES string of the molecule is CCN(CC)CCOc1cc(NC(=O)Cc2csc(-c3ccccc3)n2)ccc1OC. The van der Waals surface area contributed by atoms with E-state index in [1.807, 2.05) is 41.8 Å². The number of hydrogen-bond acceptors (Lipinski definition) is 6. The molecule has 1 heterocycles. The van der Waals surface area contributed by atoms with E-state index in [4.69, 9.17) is 9.47 Å². The Hall–Kier alpha value is -2.90. The lowest BCUT2D eigenvalue weighted by atomic mass is 10.2. The molecule has 31 heavy (non-hydrogen) atoms. The minimum Gasteiger partial charge on any atom is -0.493 e. The first kappa shape index (κ1) is 22.8. The molecule has 0 aliphatic carbocycles. The molecule has 0 fully saturated rings.